The number of para-hydroxylation sites is 1. The Bertz CT molecular complexity index is 648. The number of carbonyl (C=O) groups excluding carboxylic acids is 1. The summed E-state index contributed by atoms with van der Waals surface area (Å²) in [6, 6.07) is 8.34. The number of aliphatic hydroxyl groups is 1. The zero-order valence-electron chi connectivity index (χ0n) is 10.6. The molecule has 0 aliphatic carbocycles. The highest BCUT2D eigenvalue weighted by Gasteiger charge is 2.10. The van der Waals surface area contributed by atoms with E-state index in [2.05, 4.69) is 10.3 Å². The van der Waals surface area contributed by atoms with Crippen LogP contribution in [0.1, 0.15) is 17.4 Å². The largest absolute Gasteiger partial charge is 0.396 e. The molecule has 1 unspecified atom stereocenters. The molecule has 5 heteroatoms. The average molecular weight is 260 g/mol. The first-order valence-electron chi connectivity index (χ1n) is 6.13. The summed E-state index contributed by atoms with van der Waals surface area (Å²) in [5, 5.41) is 12.1. The predicted octanol–water partition coefficient (Wildman–Crippen LogP) is 0.886. The molecule has 1 amide bonds. The summed E-state index contributed by atoms with van der Waals surface area (Å²) in [7, 11) is 0. The van der Waals surface area contributed by atoms with Gasteiger partial charge in [-0.3, -0.25) is 9.59 Å². The third-order valence-corrected chi connectivity index (χ3v) is 2.90. The van der Waals surface area contributed by atoms with Crippen molar-refractivity contribution in [2.24, 2.45) is 5.92 Å². The summed E-state index contributed by atoms with van der Waals surface area (Å²) in [6.45, 7) is 2.20. The third kappa shape index (κ3) is 3.00. The van der Waals surface area contributed by atoms with Crippen LogP contribution >= 0.6 is 0 Å². The molecule has 5 nitrogen and oxygen atoms in total. The number of aromatic nitrogens is 1. The number of carbonyl (C=O) groups is 1. The van der Waals surface area contributed by atoms with Crippen LogP contribution in [0.25, 0.3) is 10.9 Å². The molecule has 0 saturated heterocycles. The van der Waals surface area contributed by atoms with Crippen molar-refractivity contribution in [2.75, 3.05) is 13.2 Å². The van der Waals surface area contributed by atoms with Crippen LogP contribution in [0.5, 0.6) is 0 Å². The first kappa shape index (κ1) is 13.3. The Labute approximate surface area is 110 Å². The SMILES string of the molecule is CC(CO)CNC(=O)c1cc(=O)c2ccccc2[nH]1. The number of nitrogens with one attached hydrogen (secondary N) is 2. The average Bonchev–Trinajstić information content (AvgIpc) is 2.44. The minimum absolute atomic E-state index is 0.00845. The van der Waals surface area contributed by atoms with Gasteiger partial charge in [-0.15, -0.1) is 0 Å². The van der Waals surface area contributed by atoms with E-state index in [4.69, 9.17) is 5.11 Å². The molecular weight excluding hydrogens is 244 g/mol. The summed E-state index contributed by atoms with van der Waals surface area (Å²) < 4.78 is 0. The monoisotopic (exact) mass is 260 g/mol. The Morgan fingerprint density at radius 3 is 2.89 bits per heavy atom. The third-order valence-electron chi connectivity index (χ3n) is 2.90. The number of amides is 1. The molecule has 0 fully saturated rings. The van der Waals surface area contributed by atoms with Gasteiger partial charge in [0.25, 0.3) is 5.91 Å². The first-order valence-corrected chi connectivity index (χ1v) is 6.13. The normalized spacial score (nSPS) is 12.3. The fraction of sp³-hybridized carbons (Fsp3) is 0.286. The molecule has 0 bridgehead atoms. The summed E-state index contributed by atoms with van der Waals surface area (Å²) in [5.41, 5.74) is 0.680. The predicted molar refractivity (Wildman–Crippen MR) is 73.2 cm³/mol. The second-order valence-electron chi connectivity index (χ2n) is 4.59. The topological polar surface area (TPSA) is 82.2 Å². The van der Waals surface area contributed by atoms with Crippen LogP contribution in [0.4, 0.5) is 0 Å². The van der Waals surface area contributed by atoms with Crippen molar-refractivity contribution in [3.05, 3.63) is 46.2 Å². The van der Waals surface area contributed by atoms with Crippen LogP contribution < -0.4 is 10.7 Å². The molecule has 19 heavy (non-hydrogen) atoms. The van der Waals surface area contributed by atoms with Crippen LogP contribution in [-0.4, -0.2) is 29.1 Å². The van der Waals surface area contributed by atoms with Crippen LogP contribution in [-0.2, 0) is 0 Å². The van der Waals surface area contributed by atoms with E-state index in [9.17, 15) is 9.59 Å². The summed E-state index contributed by atoms with van der Waals surface area (Å²) >= 11 is 0. The fourth-order valence-electron chi connectivity index (χ4n) is 1.75. The lowest BCUT2D eigenvalue weighted by Crippen LogP contribution is -2.30. The molecule has 2 aromatic rings. The summed E-state index contributed by atoms with van der Waals surface area (Å²) in [4.78, 5) is 26.7. The maximum atomic E-state index is 11.9. The van der Waals surface area contributed by atoms with Gasteiger partial charge in [0.1, 0.15) is 5.69 Å². The van der Waals surface area contributed by atoms with E-state index in [0.29, 0.717) is 17.4 Å². The van der Waals surface area contributed by atoms with Crippen molar-refractivity contribution < 1.29 is 9.90 Å². The van der Waals surface area contributed by atoms with Gasteiger partial charge in [0.05, 0.1) is 0 Å². The number of hydrogen-bond donors (Lipinski definition) is 3. The van der Waals surface area contributed by atoms with E-state index >= 15 is 0 Å². The van der Waals surface area contributed by atoms with Crippen LogP contribution in [0, 0.1) is 5.92 Å². The van der Waals surface area contributed by atoms with Gasteiger partial charge in [0.15, 0.2) is 5.43 Å². The number of benzene rings is 1. The van der Waals surface area contributed by atoms with Crippen molar-refractivity contribution in [1.82, 2.24) is 10.3 Å². The van der Waals surface area contributed by atoms with Crippen molar-refractivity contribution in [3.63, 3.8) is 0 Å². The Hall–Kier alpha value is -2.14. The Morgan fingerprint density at radius 2 is 2.16 bits per heavy atom. The molecule has 3 N–H and O–H groups in total. The lowest BCUT2D eigenvalue weighted by atomic mass is 10.2. The molecule has 1 aromatic heterocycles. The maximum Gasteiger partial charge on any atom is 0.267 e. The highest BCUT2D eigenvalue weighted by molar-refractivity contribution is 5.94. The van der Waals surface area contributed by atoms with Gasteiger partial charge in [0.2, 0.25) is 0 Å². The van der Waals surface area contributed by atoms with E-state index in [0.717, 1.165) is 0 Å². The second-order valence-corrected chi connectivity index (χ2v) is 4.59. The van der Waals surface area contributed by atoms with Gasteiger partial charge in [-0.2, -0.15) is 0 Å². The number of H-pyrrole nitrogens is 1. The smallest absolute Gasteiger partial charge is 0.267 e. The van der Waals surface area contributed by atoms with Gasteiger partial charge >= 0.3 is 0 Å². The van der Waals surface area contributed by atoms with Gasteiger partial charge in [-0.25, -0.2) is 0 Å². The number of hydrogen-bond acceptors (Lipinski definition) is 3. The Morgan fingerprint density at radius 1 is 1.42 bits per heavy atom. The zero-order valence-corrected chi connectivity index (χ0v) is 10.6. The van der Waals surface area contributed by atoms with Crippen molar-refractivity contribution >= 4 is 16.8 Å². The molecule has 1 aromatic carbocycles. The molecule has 0 aliphatic heterocycles. The minimum atomic E-state index is -0.344. The van der Waals surface area contributed by atoms with Crippen LogP contribution in [0.15, 0.2) is 35.1 Å². The number of fused-ring (bicyclic) bond motifs is 1. The number of pyridine rings is 1. The lowest BCUT2D eigenvalue weighted by molar-refractivity contribution is 0.0937. The zero-order chi connectivity index (χ0) is 13.8. The molecular formula is C14H16N2O3. The second kappa shape index (κ2) is 5.67. The molecule has 0 radical (unpaired) electrons. The molecule has 100 valence electrons. The van der Waals surface area contributed by atoms with Gasteiger partial charge < -0.3 is 15.4 Å². The van der Waals surface area contributed by atoms with E-state index in [-0.39, 0.29) is 29.6 Å². The Kier molecular flexibility index (Phi) is 3.97. The molecule has 1 heterocycles. The molecule has 0 aliphatic rings. The fourth-order valence-corrected chi connectivity index (χ4v) is 1.75. The first-order chi connectivity index (χ1) is 9.11. The molecule has 0 saturated carbocycles. The van der Waals surface area contributed by atoms with Gasteiger partial charge in [-0.05, 0) is 18.1 Å². The van der Waals surface area contributed by atoms with Crippen LogP contribution in [0.3, 0.4) is 0 Å². The van der Waals surface area contributed by atoms with E-state index in [1.165, 1.54) is 6.07 Å². The van der Waals surface area contributed by atoms with Crippen molar-refractivity contribution in [3.8, 4) is 0 Å². The summed E-state index contributed by atoms with van der Waals surface area (Å²) in [6.07, 6.45) is 0. The van der Waals surface area contributed by atoms with E-state index < -0.39 is 0 Å². The van der Waals surface area contributed by atoms with Gasteiger partial charge in [-0.1, -0.05) is 19.1 Å². The summed E-state index contributed by atoms with van der Waals surface area (Å²) in [5.74, 6) is -0.362. The standard InChI is InChI=1S/C14H16N2O3/c1-9(8-17)7-15-14(19)12-6-13(18)10-4-2-3-5-11(10)16-12/h2-6,9,17H,7-8H2,1H3,(H,15,19)(H,16,18). The van der Waals surface area contributed by atoms with E-state index in [1.807, 2.05) is 6.92 Å². The highest BCUT2D eigenvalue weighted by atomic mass is 16.3. The molecule has 0 spiro atoms. The lowest BCUT2D eigenvalue weighted by Gasteiger charge is -2.10. The van der Waals surface area contributed by atoms with Crippen molar-refractivity contribution in [2.45, 2.75) is 6.92 Å². The number of rotatable bonds is 4. The van der Waals surface area contributed by atoms with Crippen molar-refractivity contribution in [1.29, 1.82) is 0 Å². The maximum absolute atomic E-state index is 11.9. The van der Waals surface area contributed by atoms with E-state index in [1.54, 1.807) is 24.3 Å². The quantitative estimate of drug-likeness (QED) is 0.763. The molecule has 2 rings (SSSR count). The highest BCUT2D eigenvalue weighted by Crippen LogP contribution is 2.07. The number of aromatic amines is 1. The van der Waals surface area contributed by atoms with Gasteiger partial charge in [0, 0.05) is 30.1 Å². The Balaban J connectivity index is 2.25. The number of aliphatic hydroxyl groups excluding tert-OH is 1. The van der Waals surface area contributed by atoms with Crippen LogP contribution in [0.2, 0.25) is 0 Å². The molecule has 1 atom stereocenters. The minimum Gasteiger partial charge on any atom is -0.396 e.